The number of aromatic nitrogens is 1. The Balaban J connectivity index is 0.925. The Kier molecular flexibility index (Phi) is 11.5. The maximum atomic E-state index is 14.7. The minimum absolute atomic E-state index is 0.0331. The number of amides is 2. The fourth-order valence-corrected chi connectivity index (χ4v) is 10.7. The largest absolute Gasteiger partial charge is 0.677 e. The van der Waals surface area contributed by atoms with Crippen LogP contribution in [0.5, 0.6) is 11.5 Å². The van der Waals surface area contributed by atoms with Crippen LogP contribution in [-0.4, -0.2) is 83.7 Å². The van der Waals surface area contributed by atoms with Gasteiger partial charge in [-0.2, -0.15) is 0 Å². The van der Waals surface area contributed by atoms with Crippen molar-refractivity contribution in [3.8, 4) is 11.5 Å². The van der Waals surface area contributed by atoms with Crippen LogP contribution >= 0.6 is 0 Å². The van der Waals surface area contributed by atoms with E-state index in [1.165, 1.54) is 18.2 Å². The summed E-state index contributed by atoms with van der Waals surface area (Å²) >= 11 is 0. The summed E-state index contributed by atoms with van der Waals surface area (Å²) in [6, 6.07) is 22.6. The van der Waals surface area contributed by atoms with Crippen molar-refractivity contribution in [3.05, 3.63) is 165 Å². The number of halogens is 2. The number of hydrogen-bond acceptors (Lipinski definition) is 8. The standard InChI is InChI=1S/C49H47BF2N6O6/c1-56-29-28-48-45-34-15-23-41(63-2)46(45)64-47(48)40(26-27-49(48,42(56)30-34)55-44(60)24-14-33-12-18-38(19-13-33)58(61)62)54-43(59)25-22-37-20-21-39(57(37)50(51)52)31-36-17-16-35(53-36)11-7-6-10-32-8-4-3-5-9-32/h3-21,23-24,31,40,42,47H,22,25-30H2,1-2H3,(H,54,59)(H,55,60)/b10-6+,11-7+,24-14+,36-31-/t40?,42-,47+,48+,49-/m1/s1. The number of likely N-dealkylation sites (N-methyl/N-ethyl adjacent to an activating group) is 1. The molecule has 15 heteroatoms. The van der Waals surface area contributed by atoms with Gasteiger partial charge in [0.25, 0.3) is 5.69 Å². The van der Waals surface area contributed by atoms with Crippen molar-refractivity contribution in [2.75, 3.05) is 20.7 Å². The first-order chi connectivity index (χ1) is 31.0. The number of piperidine rings is 1. The molecule has 5 aliphatic rings. The number of non-ortho nitro benzene ring substituents is 1. The molecule has 2 amide bonds. The van der Waals surface area contributed by atoms with Gasteiger partial charge in [-0.15, -0.1) is 0 Å². The quantitative estimate of drug-likeness (QED) is 0.0439. The minimum atomic E-state index is -2.83. The number of nitrogens with zero attached hydrogens (tertiary/aromatic N) is 4. The van der Waals surface area contributed by atoms with E-state index >= 15 is 0 Å². The fraction of sp³-hybridized carbons (Fsp3) is 0.286. The molecule has 2 aliphatic carbocycles. The summed E-state index contributed by atoms with van der Waals surface area (Å²) < 4.78 is 43.0. The third kappa shape index (κ3) is 7.67. The minimum Gasteiger partial charge on any atom is -0.493 e. The highest BCUT2D eigenvalue weighted by atomic mass is 19.2. The topological polar surface area (TPSA) is 140 Å². The lowest BCUT2D eigenvalue weighted by molar-refractivity contribution is -0.384. The van der Waals surface area contributed by atoms with Gasteiger partial charge in [-0.3, -0.25) is 28.3 Å². The lowest BCUT2D eigenvalue weighted by Crippen LogP contribution is -2.82. The van der Waals surface area contributed by atoms with Crippen molar-refractivity contribution in [3.63, 3.8) is 0 Å². The number of benzene rings is 3. The monoisotopic (exact) mass is 864 g/mol. The number of aliphatic imine (C=N–C) groups is 1. The van der Waals surface area contributed by atoms with Crippen LogP contribution in [0.4, 0.5) is 14.3 Å². The normalized spacial score (nSPS) is 24.8. The van der Waals surface area contributed by atoms with Crippen LogP contribution in [0.3, 0.4) is 0 Å². The van der Waals surface area contributed by atoms with E-state index in [0.717, 1.165) is 27.7 Å². The maximum Gasteiger partial charge on any atom is 0.677 e. The summed E-state index contributed by atoms with van der Waals surface area (Å²) in [4.78, 5) is 45.5. The van der Waals surface area contributed by atoms with E-state index in [1.54, 1.807) is 49.6 Å². The van der Waals surface area contributed by atoms with E-state index in [1.807, 2.05) is 66.8 Å². The number of hydrogen-bond donors (Lipinski definition) is 2. The summed E-state index contributed by atoms with van der Waals surface area (Å²) in [6.45, 7) is 0.728. The zero-order chi connectivity index (χ0) is 44.6. The Morgan fingerprint density at radius 3 is 2.55 bits per heavy atom. The number of aryl methyl sites for hydroxylation is 1. The molecule has 3 aromatic carbocycles. The molecule has 4 aromatic rings. The molecule has 326 valence electrons. The lowest BCUT2D eigenvalue weighted by atomic mass is 9.46. The molecule has 1 aromatic heterocycles. The van der Waals surface area contributed by atoms with Crippen LogP contribution in [0.1, 0.15) is 59.3 Å². The van der Waals surface area contributed by atoms with E-state index in [-0.39, 0.29) is 42.1 Å². The second-order valence-corrected chi connectivity index (χ2v) is 16.9. The first kappa shape index (κ1) is 42.4. The average Bonchev–Trinajstić information content (AvgIpc) is 4.02. The summed E-state index contributed by atoms with van der Waals surface area (Å²) in [5, 5.41) is 17.9. The van der Waals surface area contributed by atoms with E-state index < -0.39 is 35.4 Å². The van der Waals surface area contributed by atoms with Gasteiger partial charge in [0.15, 0.2) is 11.5 Å². The van der Waals surface area contributed by atoms with Crippen LogP contribution in [-0.2, 0) is 27.8 Å². The highest BCUT2D eigenvalue weighted by Crippen LogP contribution is 2.65. The van der Waals surface area contributed by atoms with Crippen LogP contribution in [0, 0.1) is 10.1 Å². The number of likely N-dealkylation sites (tertiary alicyclic amines) is 1. The first-order valence-corrected chi connectivity index (χ1v) is 21.5. The van der Waals surface area contributed by atoms with Gasteiger partial charge in [-0.1, -0.05) is 54.6 Å². The van der Waals surface area contributed by atoms with Gasteiger partial charge in [0.1, 0.15) is 6.10 Å². The molecule has 12 nitrogen and oxygen atoms in total. The molecule has 2 bridgehead atoms. The summed E-state index contributed by atoms with van der Waals surface area (Å²) in [5.41, 5.74) is 4.11. The van der Waals surface area contributed by atoms with Gasteiger partial charge in [0.2, 0.25) is 11.8 Å². The number of methoxy groups -OCH3 is 1. The molecule has 0 radical (unpaired) electrons. The smallest absolute Gasteiger partial charge is 0.493 e. The Morgan fingerprint density at radius 1 is 1.00 bits per heavy atom. The fourth-order valence-electron chi connectivity index (χ4n) is 10.7. The van der Waals surface area contributed by atoms with Gasteiger partial charge in [-0.05, 0) is 123 Å². The number of carbonyl (C=O) groups is 2. The summed E-state index contributed by atoms with van der Waals surface area (Å²) in [7, 11) is 0.831. The van der Waals surface area contributed by atoms with E-state index in [4.69, 9.17) is 9.47 Å². The molecule has 9 rings (SSSR count). The molecular weight excluding hydrogens is 817 g/mol. The lowest BCUT2D eigenvalue weighted by Gasteiger charge is -2.66. The van der Waals surface area contributed by atoms with Gasteiger partial charge in [-0.25, -0.2) is 4.99 Å². The second-order valence-electron chi connectivity index (χ2n) is 16.9. The van der Waals surface area contributed by atoms with Gasteiger partial charge in [0, 0.05) is 47.6 Å². The number of nitro benzene ring substituents is 1. The number of carbonyl (C=O) groups excluding carboxylic acids is 2. The highest BCUT2D eigenvalue weighted by Gasteiger charge is 2.73. The third-order valence-electron chi connectivity index (χ3n) is 13.5. The average molecular weight is 865 g/mol. The van der Waals surface area contributed by atoms with Crippen LogP contribution in [0.15, 0.2) is 126 Å². The van der Waals surface area contributed by atoms with E-state index in [2.05, 4.69) is 33.6 Å². The van der Waals surface area contributed by atoms with Crippen molar-refractivity contribution >= 4 is 48.8 Å². The summed E-state index contributed by atoms with van der Waals surface area (Å²) in [6.07, 6.45) is 17.7. The van der Waals surface area contributed by atoms with Crippen LogP contribution < -0.4 is 20.1 Å². The second kappa shape index (κ2) is 17.4. The summed E-state index contributed by atoms with van der Waals surface area (Å²) in [5.74, 6) is 0.592. The predicted molar refractivity (Wildman–Crippen MR) is 243 cm³/mol. The first-order valence-electron chi connectivity index (χ1n) is 21.5. The van der Waals surface area contributed by atoms with Crippen molar-refractivity contribution in [1.82, 2.24) is 20.0 Å². The molecule has 2 fully saturated rings. The van der Waals surface area contributed by atoms with Crippen molar-refractivity contribution in [1.29, 1.82) is 0 Å². The highest BCUT2D eigenvalue weighted by molar-refractivity contribution is 6.41. The van der Waals surface area contributed by atoms with Crippen molar-refractivity contribution < 1.29 is 32.6 Å². The van der Waals surface area contributed by atoms with Gasteiger partial charge >= 0.3 is 7.40 Å². The Morgan fingerprint density at radius 2 is 1.78 bits per heavy atom. The number of allylic oxidation sites excluding steroid dienone is 5. The zero-order valence-electron chi connectivity index (χ0n) is 35.5. The predicted octanol–water partition coefficient (Wildman–Crippen LogP) is 7.54. The molecule has 1 saturated heterocycles. The number of nitro groups is 1. The SMILES string of the molecule is COc1ccc2c3c1O[C@H]1C(NC(=O)CCc4ccc(/C=C5/C=CC(/C=C/C=C/c6ccccc6)=N5)n4B(F)F)CC[C@@]4(NC(=O)/C=C/c5ccc([N+](=O)[O-])cc5)[C@@H](C2)N(C)CC[C@]314. The molecule has 1 unspecified atom stereocenters. The molecule has 1 spiro atoms. The van der Waals surface area contributed by atoms with Crippen molar-refractivity contribution in [2.45, 2.75) is 67.7 Å². The third-order valence-corrected chi connectivity index (χ3v) is 13.5. The number of rotatable bonds is 14. The number of nitrogens with one attached hydrogen (secondary N) is 2. The Labute approximate surface area is 370 Å². The maximum absolute atomic E-state index is 14.7. The molecule has 64 heavy (non-hydrogen) atoms. The molecule has 5 atom stereocenters. The van der Waals surface area contributed by atoms with E-state index in [9.17, 15) is 28.3 Å². The molecule has 3 aliphatic heterocycles. The van der Waals surface area contributed by atoms with E-state index in [0.29, 0.717) is 59.8 Å². The van der Waals surface area contributed by atoms with Crippen LogP contribution in [0.2, 0.25) is 0 Å². The zero-order valence-corrected chi connectivity index (χ0v) is 35.5. The van der Waals surface area contributed by atoms with Crippen molar-refractivity contribution in [2.24, 2.45) is 4.99 Å². The molecule has 2 N–H and O–H groups in total. The molecule has 4 heterocycles. The number of ether oxygens (including phenoxy) is 2. The van der Waals surface area contributed by atoms with Gasteiger partial charge in [0.05, 0.1) is 40.4 Å². The van der Waals surface area contributed by atoms with Gasteiger partial charge < -0.3 is 29.5 Å². The molecular formula is C49H47BF2N6O6. The van der Waals surface area contributed by atoms with Crippen LogP contribution in [0.25, 0.3) is 18.2 Å². The Hall–Kier alpha value is -6.87. The molecule has 1 saturated carbocycles. The Bertz CT molecular complexity index is 2680.